The van der Waals surface area contributed by atoms with Crippen molar-refractivity contribution in [3.8, 4) is 0 Å². The van der Waals surface area contributed by atoms with Gasteiger partial charge in [0.25, 0.3) is 0 Å². The van der Waals surface area contributed by atoms with Gasteiger partial charge in [-0.15, -0.1) is 0 Å². The van der Waals surface area contributed by atoms with Crippen molar-refractivity contribution < 1.29 is 13.0 Å². The molecule has 2 nitrogen and oxygen atoms in total. The van der Waals surface area contributed by atoms with Gasteiger partial charge in [0.05, 0.1) is 16.6 Å². The number of nitrogen functional groups attached to an aromatic ring is 1. The summed E-state index contributed by atoms with van der Waals surface area (Å²) in [6, 6.07) is 9.31. The first-order valence-corrected chi connectivity index (χ1v) is 6.56. The van der Waals surface area contributed by atoms with Gasteiger partial charge in [-0.2, -0.15) is 0 Å². The van der Waals surface area contributed by atoms with Crippen LogP contribution in [0.2, 0.25) is 0 Å². The lowest BCUT2D eigenvalue weighted by atomic mass is 10.2. The number of nitrogens with two attached hydrogens (primary N) is 1. The Bertz CT molecular complexity index is 584. The van der Waals surface area contributed by atoms with Crippen LogP contribution in [-0.4, -0.2) is 4.21 Å². The van der Waals surface area contributed by atoms with E-state index in [4.69, 9.17) is 5.73 Å². The summed E-state index contributed by atoms with van der Waals surface area (Å²) in [6.45, 7) is 0. The predicted molar refractivity (Wildman–Crippen MR) is 67.3 cm³/mol. The maximum Gasteiger partial charge on any atom is 0.123 e. The minimum Gasteiger partial charge on any atom is -0.398 e. The molecule has 0 aromatic heterocycles. The Balaban J connectivity index is 2.21. The third-order valence-electron chi connectivity index (χ3n) is 2.47. The van der Waals surface area contributed by atoms with E-state index in [1.807, 2.05) is 0 Å². The van der Waals surface area contributed by atoms with E-state index < -0.39 is 16.6 Å². The second kappa shape index (κ2) is 5.27. The van der Waals surface area contributed by atoms with Crippen molar-refractivity contribution >= 4 is 16.5 Å². The van der Waals surface area contributed by atoms with Gasteiger partial charge in [-0.1, -0.05) is 0 Å². The number of halogens is 2. The van der Waals surface area contributed by atoms with Crippen LogP contribution in [0.3, 0.4) is 0 Å². The van der Waals surface area contributed by atoms with Crippen molar-refractivity contribution in [1.29, 1.82) is 0 Å². The average Bonchev–Trinajstić information content (AvgIpc) is 2.34. The van der Waals surface area contributed by atoms with Crippen LogP contribution in [0, 0.1) is 11.6 Å². The molecule has 1 unspecified atom stereocenters. The highest BCUT2D eigenvalue weighted by Gasteiger charge is 2.08. The summed E-state index contributed by atoms with van der Waals surface area (Å²) in [5.41, 5.74) is 6.56. The highest BCUT2D eigenvalue weighted by Crippen LogP contribution is 2.18. The van der Waals surface area contributed by atoms with E-state index >= 15 is 0 Å². The molecule has 94 valence electrons. The summed E-state index contributed by atoms with van der Waals surface area (Å²) in [6.07, 6.45) is 0. The Morgan fingerprint density at radius 1 is 1.00 bits per heavy atom. The van der Waals surface area contributed by atoms with Crippen molar-refractivity contribution in [2.45, 2.75) is 10.6 Å². The van der Waals surface area contributed by atoms with E-state index in [0.29, 0.717) is 16.1 Å². The second-order valence-corrected chi connectivity index (χ2v) is 5.24. The summed E-state index contributed by atoms with van der Waals surface area (Å²) in [5, 5.41) is 0. The number of rotatable bonds is 3. The number of hydrogen-bond acceptors (Lipinski definition) is 2. The predicted octanol–water partition coefficient (Wildman–Crippen LogP) is 2.85. The van der Waals surface area contributed by atoms with Gasteiger partial charge in [-0.05, 0) is 48.0 Å². The Morgan fingerprint density at radius 3 is 2.28 bits per heavy atom. The topological polar surface area (TPSA) is 43.1 Å². The minimum atomic E-state index is -1.37. The molecular formula is C13H11F2NOS. The van der Waals surface area contributed by atoms with Crippen LogP contribution in [-0.2, 0) is 16.6 Å². The van der Waals surface area contributed by atoms with Gasteiger partial charge in [0, 0.05) is 10.6 Å². The Labute approximate surface area is 106 Å². The van der Waals surface area contributed by atoms with Crippen LogP contribution >= 0.6 is 0 Å². The molecule has 0 fully saturated rings. The van der Waals surface area contributed by atoms with E-state index in [1.54, 1.807) is 0 Å². The van der Waals surface area contributed by atoms with Crippen LogP contribution in [0.25, 0.3) is 0 Å². The van der Waals surface area contributed by atoms with E-state index in [-0.39, 0.29) is 11.6 Å². The van der Waals surface area contributed by atoms with Gasteiger partial charge in [0.1, 0.15) is 11.6 Å². The van der Waals surface area contributed by atoms with Crippen LogP contribution in [0.4, 0.5) is 14.5 Å². The molecule has 2 N–H and O–H groups in total. The molecule has 1 atom stereocenters. The molecule has 0 amide bonds. The summed E-state index contributed by atoms with van der Waals surface area (Å²) >= 11 is 0. The monoisotopic (exact) mass is 267 g/mol. The molecule has 0 radical (unpaired) electrons. The molecule has 0 heterocycles. The molecule has 0 bridgehead atoms. The van der Waals surface area contributed by atoms with E-state index in [2.05, 4.69) is 0 Å². The maximum absolute atomic E-state index is 13.0. The molecule has 0 saturated carbocycles. The van der Waals surface area contributed by atoms with Crippen molar-refractivity contribution in [2.75, 3.05) is 5.73 Å². The summed E-state index contributed by atoms with van der Waals surface area (Å²) in [5.74, 6) is -0.703. The van der Waals surface area contributed by atoms with Gasteiger partial charge >= 0.3 is 0 Å². The van der Waals surface area contributed by atoms with E-state index in [9.17, 15) is 13.0 Å². The summed E-state index contributed by atoms with van der Waals surface area (Å²) < 4.78 is 37.8. The molecule has 0 aliphatic rings. The van der Waals surface area contributed by atoms with Crippen molar-refractivity contribution in [3.05, 3.63) is 59.7 Å². The molecule has 0 spiro atoms. The Hall–Kier alpha value is -1.75. The van der Waals surface area contributed by atoms with Gasteiger partial charge in [-0.25, -0.2) is 8.78 Å². The molecule has 5 heteroatoms. The molecular weight excluding hydrogens is 256 g/mol. The lowest BCUT2D eigenvalue weighted by Gasteiger charge is -2.06. The quantitative estimate of drug-likeness (QED) is 0.869. The largest absolute Gasteiger partial charge is 0.398 e. The fourth-order valence-corrected chi connectivity index (χ4v) is 2.65. The van der Waals surface area contributed by atoms with Crippen molar-refractivity contribution in [1.82, 2.24) is 0 Å². The van der Waals surface area contributed by atoms with Crippen LogP contribution in [0.1, 0.15) is 5.56 Å². The first-order valence-electron chi connectivity index (χ1n) is 5.24. The highest BCUT2D eigenvalue weighted by atomic mass is 32.2. The van der Waals surface area contributed by atoms with Crippen LogP contribution in [0.5, 0.6) is 0 Å². The summed E-state index contributed by atoms with van der Waals surface area (Å²) in [4.78, 5) is 0.486. The van der Waals surface area contributed by atoms with E-state index in [1.165, 1.54) is 42.5 Å². The molecule has 2 aromatic rings. The van der Waals surface area contributed by atoms with Gasteiger partial charge in [-0.3, -0.25) is 4.21 Å². The molecule has 18 heavy (non-hydrogen) atoms. The molecule has 0 saturated heterocycles. The zero-order valence-electron chi connectivity index (χ0n) is 9.40. The maximum atomic E-state index is 13.0. The van der Waals surface area contributed by atoms with Gasteiger partial charge in [0.2, 0.25) is 0 Å². The fraction of sp³-hybridized carbons (Fsp3) is 0.0769. The SMILES string of the molecule is Nc1ccc(F)cc1CS(=O)c1ccc(F)cc1. The van der Waals surface area contributed by atoms with E-state index in [0.717, 1.165) is 0 Å². The first kappa shape index (κ1) is 12.7. The third kappa shape index (κ3) is 2.92. The first-order chi connectivity index (χ1) is 8.56. The van der Waals surface area contributed by atoms with Gasteiger partial charge in [0.15, 0.2) is 0 Å². The fourth-order valence-electron chi connectivity index (χ4n) is 1.51. The van der Waals surface area contributed by atoms with Crippen molar-refractivity contribution in [2.24, 2.45) is 0 Å². The van der Waals surface area contributed by atoms with Gasteiger partial charge < -0.3 is 5.73 Å². The highest BCUT2D eigenvalue weighted by molar-refractivity contribution is 7.84. The summed E-state index contributed by atoms with van der Waals surface area (Å²) in [7, 11) is -1.37. The zero-order valence-corrected chi connectivity index (χ0v) is 10.2. The lowest BCUT2D eigenvalue weighted by molar-refractivity contribution is 0.626. The van der Waals surface area contributed by atoms with Crippen LogP contribution < -0.4 is 5.73 Å². The smallest absolute Gasteiger partial charge is 0.123 e. The number of anilines is 1. The van der Waals surface area contributed by atoms with Crippen LogP contribution in [0.15, 0.2) is 47.4 Å². The molecule has 2 aromatic carbocycles. The second-order valence-electron chi connectivity index (χ2n) is 3.79. The standard InChI is InChI=1S/C13H11F2NOS/c14-10-1-4-12(5-2-10)18(17)8-9-7-11(15)3-6-13(9)16/h1-7H,8,16H2. The normalized spacial score (nSPS) is 12.3. The number of hydrogen-bond donors (Lipinski definition) is 1. The molecule has 0 aliphatic heterocycles. The number of benzene rings is 2. The lowest BCUT2D eigenvalue weighted by Crippen LogP contribution is -2.01. The molecule has 2 rings (SSSR count). The zero-order chi connectivity index (χ0) is 13.1. The third-order valence-corrected chi connectivity index (χ3v) is 3.84. The Kier molecular flexibility index (Phi) is 3.72. The minimum absolute atomic E-state index is 0.106. The molecule has 0 aliphatic carbocycles. The average molecular weight is 267 g/mol. The van der Waals surface area contributed by atoms with Crippen molar-refractivity contribution in [3.63, 3.8) is 0 Å². The Morgan fingerprint density at radius 2 is 1.61 bits per heavy atom.